The molecule has 49 heavy (non-hydrogen) atoms. The first-order valence-corrected chi connectivity index (χ1v) is 18.8. The normalized spacial score (nSPS) is 17.9. The molecule has 5 atom stereocenters. The van der Waals surface area contributed by atoms with Crippen LogP contribution in [0.5, 0.6) is 0 Å². The standard InChI is InChI=1S/C36H52N5O7P/c1-25(2)23-32(36(46)39-30-18-11-8-12-19-30)41(33(43)21-13-17-29-15-9-7-10-16-29)24-49(47,48-6)27(4)38-34(44)26(3)37-35(45)31-20-14-22-40(31)28(5)42/h7-12,15-16,18-19,25-27,31-32H,13-14,17,20-24H2,1-6H3,(H,37,45)(H,38,44)(H,39,46)/p-1/t26-,27+,31-,32-,49+/m0/s1. The van der Waals surface area contributed by atoms with Gasteiger partial charge in [0.2, 0.25) is 31.0 Å². The van der Waals surface area contributed by atoms with Gasteiger partial charge in [-0.1, -0.05) is 62.4 Å². The third-order valence-electron chi connectivity index (χ3n) is 8.68. The quantitative estimate of drug-likeness (QED) is 0.142. The molecule has 0 spiro atoms. The molecule has 0 radical (unpaired) electrons. The van der Waals surface area contributed by atoms with Crippen molar-refractivity contribution in [3.05, 3.63) is 66.2 Å². The fourth-order valence-corrected chi connectivity index (χ4v) is 7.65. The summed E-state index contributed by atoms with van der Waals surface area (Å²) < 4.78 is 20.0. The van der Waals surface area contributed by atoms with Gasteiger partial charge < -0.3 is 30.1 Å². The van der Waals surface area contributed by atoms with E-state index in [0.29, 0.717) is 37.9 Å². The van der Waals surface area contributed by atoms with Gasteiger partial charge in [0.05, 0.1) is 18.0 Å². The molecule has 12 nitrogen and oxygen atoms in total. The number of para-hydroxylation sites is 1. The molecule has 4 amide bonds. The van der Waals surface area contributed by atoms with E-state index in [1.54, 1.807) is 24.3 Å². The molecule has 268 valence electrons. The maximum absolute atomic E-state index is 14.5. The lowest BCUT2D eigenvalue weighted by Gasteiger charge is -2.39. The highest BCUT2D eigenvalue weighted by Gasteiger charge is 2.39. The van der Waals surface area contributed by atoms with E-state index in [2.05, 4.69) is 15.6 Å². The SMILES string of the molecule is CO[P@](=O)(CN(C(=O)CCCc1ccccc1)[C@@H](CC(C)C)C([O-])=Nc1ccccc1)[C@H](C)NC(=O)[C@H](C)NC(=O)[C@@H]1CCCN1C(C)=O. The molecular weight excluding hydrogens is 645 g/mol. The lowest BCUT2D eigenvalue weighted by atomic mass is 10.0. The zero-order valence-electron chi connectivity index (χ0n) is 29.5. The predicted octanol–water partition coefficient (Wildman–Crippen LogP) is 4.20. The third kappa shape index (κ3) is 11.5. The van der Waals surface area contributed by atoms with Gasteiger partial charge in [-0.2, -0.15) is 0 Å². The largest absolute Gasteiger partial charge is 0.860 e. The Morgan fingerprint density at radius 1 is 1.02 bits per heavy atom. The van der Waals surface area contributed by atoms with E-state index in [9.17, 15) is 28.8 Å². The summed E-state index contributed by atoms with van der Waals surface area (Å²) in [4.78, 5) is 59.2. The highest BCUT2D eigenvalue weighted by atomic mass is 31.2. The summed E-state index contributed by atoms with van der Waals surface area (Å²) in [5.74, 6) is -3.27. The van der Waals surface area contributed by atoms with Crippen LogP contribution in [0.1, 0.15) is 72.3 Å². The van der Waals surface area contributed by atoms with Crippen molar-refractivity contribution in [2.45, 2.75) is 97.1 Å². The van der Waals surface area contributed by atoms with Crippen molar-refractivity contribution in [3.63, 3.8) is 0 Å². The Morgan fingerprint density at radius 3 is 2.24 bits per heavy atom. The molecule has 0 unspecified atom stereocenters. The van der Waals surface area contributed by atoms with Crippen molar-refractivity contribution in [1.29, 1.82) is 0 Å². The molecule has 0 aliphatic carbocycles. The van der Waals surface area contributed by atoms with Gasteiger partial charge in [0, 0.05) is 27.0 Å². The monoisotopic (exact) mass is 696 g/mol. The van der Waals surface area contributed by atoms with Crippen LogP contribution >= 0.6 is 7.37 Å². The number of aliphatic imine (C=N–C) groups is 1. The minimum Gasteiger partial charge on any atom is -0.860 e. The second-order valence-corrected chi connectivity index (χ2v) is 15.8. The summed E-state index contributed by atoms with van der Waals surface area (Å²) in [7, 11) is -2.62. The Morgan fingerprint density at radius 2 is 1.65 bits per heavy atom. The number of hydrogen-bond donors (Lipinski definition) is 2. The van der Waals surface area contributed by atoms with Crippen molar-refractivity contribution < 1.29 is 33.4 Å². The van der Waals surface area contributed by atoms with Crippen LogP contribution in [-0.4, -0.2) is 83.2 Å². The van der Waals surface area contributed by atoms with E-state index in [-0.39, 0.29) is 30.6 Å². The number of benzene rings is 2. The van der Waals surface area contributed by atoms with Crippen LogP contribution in [0.3, 0.4) is 0 Å². The second-order valence-electron chi connectivity index (χ2n) is 13.0. The first kappa shape index (κ1) is 39.4. The first-order valence-electron chi connectivity index (χ1n) is 16.9. The van der Waals surface area contributed by atoms with Crippen LogP contribution in [-0.2, 0) is 34.7 Å². The van der Waals surface area contributed by atoms with Crippen LogP contribution in [0, 0.1) is 5.92 Å². The maximum Gasteiger partial charge on any atom is 0.243 e. The molecule has 1 aliphatic heterocycles. The Kier molecular flexibility index (Phi) is 15.0. The molecule has 3 rings (SSSR count). The number of carbonyl (C=O) groups is 4. The van der Waals surface area contributed by atoms with Crippen LogP contribution in [0.2, 0.25) is 0 Å². The molecule has 1 heterocycles. The summed E-state index contributed by atoms with van der Waals surface area (Å²) in [6, 6.07) is 15.8. The molecule has 0 saturated carbocycles. The Labute approximate surface area is 290 Å². The van der Waals surface area contributed by atoms with Crippen molar-refractivity contribution in [2.24, 2.45) is 10.9 Å². The minimum atomic E-state index is -3.87. The van der Waals surface area contributed by atoms with Gasteiger partial charge in [0.25, 0.3) is 0 Å². The van der Waals surface area contributed by atoms with Gasteiger partial charge in [-0.05, 0) is 75.5 Å². The summed E-state index contributed by atoms with van der Waals surface area (Å²) in [6.45, 7) is 8.74. The van der Waals surface area contributed by atoms with E-state index >= 15 is 0 Å². The Balaban J connectivity index is 1.83. The van der Waals surface area contributed by atoms with Crippen molar-refractivity contribution in [3.8, 4) is 0 Å². The summed E-state index contributed by atoms with van der Waals surface area (Å²) in [5.41, 5.74) is 1.51. The molecule has 1 aliphatic rings. The summed E-state index contributed by atoms with van der Waals surface area (Å²) in [5, 5.41) is 19.1. The van der Waals surface area contributed by atoms with Crippen molar-refractivity contribution >= 4 is 42.6 Å². The lowest BCUT2D eigenvalue weighted by molar-refractivity contribution is -0.225. The predicted molar refractivity (Wildman–Crippen MR) is 188 cm³/mol. The van der Waals surface area contributed by atoms with Crippen LogP contribution in [0.25, 0.3) is 0 Å². The number of rotatable bonds is 17. The lowest BCUT2D eigenvalue weighted by Crippen LogP contribution is -2.53. The highest BCUT2D eigenvalue weighted by molar-refractivity contribution is 7.59. The number of amides is 4. The number of likely N-dealkylation sites (tertiary alicyclic amines) is 1. The van der Waals surface area contributed by atoms with Crippen LogP contribution in [0.4, 0.5) is 5.69 Å². The number of aryl methyl sites for hydroxylation is 1. The van der Waals surface area contributed by atoms with E-state index in [1.807, 2.05) is 50.2 Å². The van der Waals surface area contributed by atoms with E-state index < -0.39 is 55.3 Å². The number of nitrogens with zero attached hydrogens (tertiary/aromatic N) is 3. The first-order chi connectivity index (χ1) is 23.2. The molecule has 0 aromatic heterocycles. The fourth-order valence-electron chi connectivity index (χ4n) is 5.87. The zero-order valence-corrected chi connectivity index (χ0v) is 30.4. The highest BCUT2D eigenvalue weighted by Crippen LogP contribution is 2.51. The molecule has 13 heteroatoms. The van der Waals surface area contributed by atoms with E-state index in [0.717, 1.165) is 5.56 Å². The topological polar surface area (TPSA) is 161 Å². The zero-order chi connectivity index (χ0) is 36.1. The third-order valence-corrected chi connectivity index (χ3v) is 11.3. The van der Waals surface area contributed by atoms with E-state index in [4.69, 9.17) is 4.52 Å². The molecular formula is C36H51N5O7P-. The van der Waals surface area contributed by atoms with Gasteiger partial charge in [-0.3, -0.25) is 28.7 Å². The van der Waals surface area contributed by atoms with Gasteiger partial charge in [-0.15, -0.1) is 0 Å². The van der Waals surface area contributed by atoms with Crippen molar-refractivity contribution in [1.82, 2.24) is 20.4 Å². The van der Waals surface area contributed by atoms with Gasteiger partial charge in [0.1, 0.15) is 17.9 Å². The second kappa shape index (κ2) is 18.7. The smallest absolute Gasteiger partial charge is 0.243 e. The molecule has 0 bridgehead atoms. The number of nitrogens with one attached hydrogen (secondary N) is 2. The minimum absolute atomic E-state index is 0.0122. The van der Waals surface area contributed by atoms with Gasteiger partial charge in [0.15, 0.2) is 0 Å². The van der Waals surface area contributed by atoms with Crippen molar-refractivity contribution in [2.75, 3.05) is 19.9 Å². The maximum atomic E-state index is 14.5. The average molecular weight is 697 g/mol. The molecule has 2 N–H and O–H groups in total. The molecule has 1 fully saturated rings. The summed E-state index contributed by atoms with van der Waals surface area (Å²) >= 11 is 0. The number of hydrogen-bond acceptors (Lipinski definition) is 8. The molecule has 1 saturated heterocycles. The van der Waals surface area contributed by atoms with Crippen LogP contribution < -0.4 is 15.7 Å². The number of carbonyl (C=O) groups excluding carboxylic acids is 4. The van der Waals surface area contributed by atoms with Gasteiger partial charge >= 0.3 is 0 Å². The fraction of sp³-hybridized carbons (Fsp3) is 0.528. The average Bonchev–Trinajstić information content (AvgIpc) is 3.58. The Hall–Kier alpha value is -4.02. The Bertz CT molecular complexity index is 1490. The van der Waals surface area contributed by atoms with Crippen LogP contribution in [0.15, 0.2) is 65.7 Å². The van der Waals surface area contributed by atoms with E-state index in [1.165, 1.54) is 37.7 Å². The van der Waals surface area contributed by atoms with Gasteiger partial charge in [-0.25, -0.2) is 0 Å². The summed E-state index contributed by atoms with van der Waals surface area (Å²) in [6.07, 6.45) is 2.25. The molecule has 2 aromatic carbocycles. The molecule has 2 aromatic rings.